The quantitative estimate of drug-likeness (QED) is 0.765. The third-order valence-electron chi connectivity index (χ3n) is 3.60. The fourth-order valence-corrected chi connectivity index (χ4v) is 2.46. The van der Waals surface area contributed by atoms with Crippen LogP contribution in [0.1, 0.15) is 26.3 Å². The Morgan fingerprint density at radius 1 is 1.33 bits per heavy atom. The normalized spacial score (nSPS) is 20.5. The first-order valence-electron chi connectivity index (χ1n) is 7.75. The molecular formula is C17H25ClN2O4. The highest BCUT2D eigenvalue weighted by Gasteiger charge is 2.43. The minimum absolute atomic E-state index is 0. The van der Waals surface area contributed by atoms with Gasteiger partial charge in [-0.3, -0.25) is 9.69 Å². The van der Waals surface area contributed by atoms with Gasteiger partial charge in [0.25, 0.3) is 0 Å². The number of hydrogen-bond donors (Lipinski definition) is 2. The highest BCUT2D eigenvalue weighted by Crippen LogP contribution is 2.23. The number of nitrogens with zero attached hydrogens (tertiary/aromatic N) is 1. The molecule has 1 heterocycles. The number of ether oxygens (including phenoxy) is 1. The summed E-state index contributed by atoms with van der Waals surface area (Å²) in [5, 5.41) is 12.1. The maximum Gasteiger partial charge on any atom is 0.407 e. The fraction of sp³-hybridized carbons (Fsp3) is 0.529. The number of amides is 1. The molecule has 0 spiro atoms. The van der Waals surface area contributed by atoms with E-state index in [0.717, 1.165) is 5.56 Å². The van der Waals surface area contributed by atoms with Crippen molar-refractivity contribution in [3.05, 3.63) is 35.9 Å². The number of halogens is 1. The minimum Gasteiger partial charge on any atom is -0.480 e. The van der Waals surface area contributed by atoms with Crippen LogP contribution in [0.4, 0.5) is 4.79 Å². The molecule has 2 unspecified atom stereocenters. The first-order valence-corrected chi connectivity index (χ1v) is 7.75. The molecule has 24 heavy (non-hydrogen) atoms. The van der Waals surface area contributed by atoms with Crippen LogP contribution in [0, 0.1) is 0 Å². The number of carbonyl (C=O) groups excluding carboxylic acids is 1. The highest BCUT2D eigenvalue weighted by molar-refractivity contribution is 5.85. The zero-order valence-corrected chi connectivity index (χ0v) is 15.0. The Morgan fingerprint density at radius 2 is 1.96 bits per heavy atom. The molecule has 2 rings (SSSR count). The zero-order chi connectivity index (χ0) is 17.0. The number of aliphatic carboxylic acids is 1. The van der Waals surface area contributed by atoms with Gasteiger partial charge in [0.2, 0.25) is 0 Å². The summed E-state index contributed by atoms with van der Waals surface area (Å²) in [5.41, 5.74) is 0.454. The van der Waals surface area contributed by atoms with Crippen molar-refractivity contribution in [1.29, 1.82) is 0 Å². The van der Waals surface area contributed by atoms with E-state index in [-0.39, 0.29) is 18.4 Å². The van der Waals surface area contributed by atoms with Gasteiger partial charge in [-0.25, -0.2) is 4.79 Å². The minimum atomic E-state index is -0.839. The van der Waals surface area contributed by atoms with Gasteiger partial charge in [-0.1, -0.05) is 30.3 Å². The van der Waals surface area contributed by atoms with Crippen molar-refractivity contribution in [2.75, 3.05) is 13.1 Å². The summed E-state index contributed by atoms with van der Waals surface area (Å²) in [6, 6.07) is 9.04. The SMILES string of the molecule is CC(C)(C)OC(=O)NCC1CN1[C@@H](Cc1ccccc1)C(=O)O.Cl. The zero-order valence-electron chi connectivity index (χ0n) is 14.2. The number of benzene rings is 1. The number of nitrogens with one attached hydrogen (secondary N) is 1. The molecule has 6 nitrogen and oxygen atoms in total. The molecule has 1 fully saturated rings. The Morgan fingerprint density at radius 3 is 2.50 bits per heavy atom. The third-order valence-corrected chi connectivity index (χ3v) is 3.60. The molecule has 3 atom stereocenters. The molecule has 2 N–H and O–H groups in total. The summed E-state index contributed by atoms with van der Waals surface area (Å²) < 4.78 is 5.17. The van der Waals surface area contributed by atoms with Crippen LogP contribution in [-0.4, -0.2) is 52.8 Å². The number of hydrogen-bond acceptors (Lipinski definition) is 4. The molecule has 1 aromatic rings. The second kappa shape index (κ2) is 8.35. The summed E-state index contributed by atoms with van der Waals surface area (Å²) in [4.78, 5) is 25.0. The van der Waals surface area contributed by atoms with E-state index < -0.39 is 23.7 Å². The van der Waals surface area contributed by atoms with E-state index >= 15 is 0 Å². The lowest BCUT2D eigenvalue weighted by Crippen LogP contribution is -2.37. The Balaban J connectivity index is 0.00000288. The van der Waals surface area contributed by atoms with Crippen LogP contribution in [0.2, 0.25) is 0 Å². The third kappa shape index (κ3) is 6.37. The lowest BCUT2D eigenvalue weighted by molar-refractivity contribution is -0.141. The smallest absolute Gasteiger partial charge is 0.407 e. The Hall–Kier alpha value is -1.79. The molecule has 134 valence electrons. The van der Waals surface area contributed by atoms with Crippen molar-refractivity contribution >= 4 is 24.5 Å². The Bertz CT molecular complexity index is 559. The summed E-state index contributed by atoms with van der Waals surface area (Å²) in [7, 11) is 0. The molecule has 0 aromatic heterocycles. The van der Waals surface area contributed by atoms with Crippen LogP contribution in [0.3, 0.4) is 0 Å². The standard InChI is InChI=1S/C17H24N2O4.ClH/c1-17(2,3)23-16(22)18-10-13-11-19(13)14(15(20)21)9-12-7-5-4-6-8-12;/h4-8,13-14H,9-11H2,1-3H3,(H,18,22)(H,20,21);1H/t13?,14-,19?;/m0./s1. The van der Waals surface area contributed by atoms with Gasteiger partial charge in [-0.05, 0) is 32.8 Å². The molecule has 0 aliphatic carbocycles. The summed E-state index contributed by atoms with van der Waals surface area (Å²) in [5.74, 6) is -0.839. The van der Waals surface area contributed by atoms with Gasteiger partial charge in [0.15, 0.2) is 0 Å². The van der Waals surface area contributed by atoms with Crippen LogP contribution >= 0.6 is 12.4 Å². The molecule has 7 heteroatoms. The molecule has 0 saturated carbocycles. The second-order valence-electron chi connectivity index (χ2n) is 6.78. The van der Waals surface area contributed by atoms with Crippen molar-refractivity contribution in [3.8, 4) is 0 Å². The van der Waals surface area contributed by atoms with Gasteiger partial charge in [-0.2, -0.15) is 0 Å². The van der Waals surface area contributed by atoms with E-state index in [0.29, 0.717) is 19.5 Å². The predicted molar refractivity (Wildman–Crippen MR) is 93.5 cm³/mol. The fourth-order valence-electron chi connectivity index (χ4n) is 2.46. The van der Waals surface area contributed by atoms with Gasteiger partial charge >= 0.3 is 12.1 Å². The van der Waals surface area contributed by atoms with Gasteiger partial charge < -0.3 is 15.2 Å². The topological polar surface area (TPSA) is 78.6 Å². The van der Waals surface area contributed by atoms with Crippen LogP contribution in [0.25, 0.3) is 0 Å². The number of carboxylic acid groups (broad SMARTS) is 1. The van der Waals surface area contributed by atoms with Crippen LogP contribution in [0.5, 0.6) is 0 Å². The molecule has 1 aromatic carbocycles. The molecule has 0 bridgehead atoms. The summed E-state index contributed by atoms with van der Waals surface area (Å²) >= 11 is 0. The monoisotopic (exact) mass is 356 g/mol. The summed E-state index contributed by atoms with van der Waals surface area (Å²) in [6.45, 7) is 6.47. The van der Waals surface area contributed by atoms with Crippen molar-refractivity contribution in [3.63, 3.8) is 0 Å². The lowest BCUT2D eigenvalue weighted by Gasteiger charge is -2.20. The van der Waals surface area contributed by atoms with E-state index in [4.69, 9.17) is 4.74 Å². The van der Waals surface area contributed by atoms with Gasteiger partial charge in [-0.15, -0.1) is 12.4 Å². The van der Waals surface area contributed by atoms with Crippen LogP contribution in [0.15, 0.2) is 30.3 Å². The molecular weight excluding hydrogens is 332 g/mol. The van der Waals surface area contributed by atoms with Crippen LogP contribution in [-0.2, 0) is 16.0 Å². The van der Waals surface area contributed by atoms with E-state index in [2.05, 4.69) is 5.32 Å². The lowest BCUT2D eigenvalue weighted by atomic mass is 10.1. The average Bonchev–Trinajstić information content (AvgIpc) is 3.21. The van der Waals surface area contributed by atoms with Gasteiger partial charge in [0.05, 0.1) is 0 Å². The molecule has 1 aliphatic rings. The van der Waals surface area contributed by atoms with Crippen molar-refractivity contribution < 1.29 is 19.4 Å². The van der Waals surface area contributed by atoms with E-state index in [1.807, 2.05) is 35.2 Å². The molecule has 1 amide bonds. The highest BCUT2D eigenvalue weighted by atomic mass is 35.5. The summed E-state index contributed by atoms with van der Waals surface area (Å²) in [6.07, 6.45) is -0.0154. The number of carboxylic acids is 1. The first kappa shape index (κ1) is 20.3. The van der Waals surface area contributed by atoms with E-state index in [1.54, 1.807) is 20.8 Å². The largest absolute Gasteiger partial charge is 0.480 e. The van der Waals surface area contributed by atoms with Crippen molar-refractivity contribution in [1.82, 2.24) is 10.2 Å². The molecule has 1 aliphatic heterocycles. The van der Waals surface area contributed by atoms with Crippen molar-refractivity contribution in [2.24, 2.45) is 0 Å². The maximum atomic E-state index is 11.6. The molecule has 0 radical (unpaired) electrons. The molecule has 1 saturated heterocycles. The van der Waals surface area contributed by atoms with Crippen LogP contribution < -0.4 is 5.32 Å². The van der Waals surface area contributed by atoms with E-state index in [1.165, 1.54) is 0 Å². The second-order valence-corrected chi connectivity index (χ2v) is 6.78. The van der Waals surface area contributed by atoms with Gasteiger partial charge in [0.1, 0.15) is 11.6 Å². The maximum absolute atomic E-state index is 11.6. The number of alkyl carbamates (subject to hydrolysis) is 1. The van der Waals surface area contributed by atoms with Crippen molar-refractivity contribution in [2.45, 2.75) is 44.9 Å². The Kier molecular flexibility index (Phi) is 7.05. The number of carbonyl (C=O) groups is 2. The predicted octanol–water partition coefficient (Wildman–Crippen LogP) is 2.31. The first-order chi connectivity index (χ1) is 10.8. The van der Waals surface area contributed by atoms with E-state index in [9.17, 15) is 14.7 Å². The van der Waals surface area contributed by atoms with Gasteiger partial charge in [0, 0.05) is 19.1 Å². The Labute approximate surface area is 148 Å². The average molecular weight is 357 g/mol. The number of rotatable bonds is 6.